The Balaban J connectivity index is 2.27. The molecule has 1 aliphatic rings. The van der Waals surface area contributed by atoms with Gasteiger partial charge in [-0.1, -0.05) is 26.8 Å². The zero-order chi connectivity index (χ0) is 16.3. The minimum absolute atomic E-state index is 0.113. The fraction of sp³-hybridized carbons (Fsp3) is 0.684. The fourth-order valence-electron chi connectivity index (χ4n) is 2.86. The van der Waals surface area contributed by atoms with E-state index in [2.05, 4.69) is 45.1 Å². The molecule has 0 radical (unpaired) electrons. The van der Waals surface area contributed by atoms with Gasteiger partial charge in [0.15, 0.2) is 0 Å². The van der Waals surface area contributed by atoms with E-state index in [4.69, 9.17) is 9.47 Å². The molecule has 0 spiro atoms. The summed E-state index contributed by atoms with van der Waals surface area (Å²) < 4.78 is 12.1. The van der Waals surface area contributed by atoms with E-state index in [-0.39, 0.29) is 11.7 Å². The predicted molar refractivity (Wildman–Crippen MR) is 91.7 cm³/mol. The van der Waals surface area contributed by atoms with Gasteiger partial charge < -0.3 is 14.8 Å². The Morgan fingerprint density at radius 1 is 1.32 bits per heavy atom. The van der Waals surface area contributed by atoms with E-state index in [1.165, 1.54) is 5.56 Å². The van der Waals surface area contributed by atoms with Crippen molar-refractivity contribution in [1.82, 2.24) is 5.32 Å². The molecule has 2 unspecified atom stereocenters. The van der Waals surface area contributed by atoms with Crippen LogP contribution in [0.4, 0.5) is 0 Å². The van der Waals surface area contributed by atoms with Crippen molar-refractivity contribution in [1.29, 1.82) is 0 Å². The summed E-state index contributed by atoms with van der Waals surface area (Å²) in [7, 11) is 0. The van der Waals surface area contributed by atoms with Crippen molar-refractivity contribution < 1.29 is 9.47 Å². The van der Waals surface area contributed by atoms with Crippen LogP contribution in [0.2, 0.25) is 0 Å². The molecule has 0 bridgehead atoms. The van der Waals surface area contributed by atoms with Gasteiger partial charge in [-0.2, -0.15) is 0 Å². The second-order valence-electron chi connectivity index (χ2n) is 7.33. The van der Waals surface area contributed by atoms with Crippen LogP contribution in [0.1, 0.15) is 66.0 Å². The topological polar surface area (TPSA) is 30.5 Å². The van der Waals surface area contributed by atoms with Crippen LogP contribution in [0.25, 0.3) is 0 Å². The average Bonchev–Trinajstić information content (AvgIpc) is 2.43. The van der Waals surface area contributed by atoms with Crippen molar-refractivity contribution in [2.24, 2.45) is 5.92 Å². The van der Waals surface area contributed by atoms with E-state index in [9.17, 15) is 0 Å². The number of fused-ring (bicyclic) bond motifs is 1. The maximum absolute atomic E-state index is 6.31. The number of rotatable bonds is 6. The summed E-state index contributed by atoms with van der Waals surface area (Å²) in [5.74, 6) is 2.49. The summed E-state index contributed by atoms with van der Waals surface area (Å²) in [6.07, 6.45) is 2.18. The second kappa shape index (κ2) is 6.91. The van der Waals surface area contributed by atoms with Crippen LogP contribution in [0, 0.1) is 5.92 Å². The zero-order valence-electron chi connectivity index (χ0n) is 14.9. The molecule has 1 heterocycles. The van der Waals surface area contributed by atoms with Gasteiger partial charge in [-0.05, 0) is 45.7 Å². The monoisotopic (exact) mass is 305 g/mol. The molecule has 1 aromatic rings. The van der Waals surface area contributed by atoms with Crippen molar-refractivity contribution in [2.75, 3.05) is 6.54 Å². The summed E-state index contributed by atoms with van der Waals surface area (Å²) >= 11 is 0. The molecular formula is C19H31NO2. The quantitative estimate of drug-likeness (QED) is 0.825. The first-order chi connectivity index (χ1) is 10.3. The van der Waals surface area contributed by atoms with Crippen molar-refractivity contribution >= 4 is 0 Å². The van der Waals surface area contributed by atoms with Crippen molar-refractivity contribution in [2.45, 2.75) is 72.1 Å². The van der Waals surface area contributed by atoms with E-state index in [0.717, 1.165) is 30.9 Å². The van der Waals surface area contributed by atoms with Crippen LogP contribution in [0.15, 0.2) is 18.2 Å². The first-order valence-corrected chi connectivity index (χ1v) is 8.56. The Labute approximate surface area is 135 Å². The molecule has 3 heteroatoms. The summed E-state index contributed by atoms with van der Waals surface area (Å²) in [5, 5.41) is 3.71. The molecule has 0 amide bonds. The van der Waals surface area contributed by atoms with E-state index in [0.29, 0.717) is 12.0 Å². The molecule has 124 valence electrons. The Kier molecular flexibility index (Phi) is 5.38. The molecule has 1 aliphatic heterocycles. The van der Waals surface area contributed by atoms with E-state index >= 15 is 0 Å². The van der Waals surface area contributed by atoms with Crippen molar-refractivity contribution in [3.8, 4) is 11.5 Å². The van der Waals surface area contributed by atoms with Gasteiger partial charge in [-0.3, -0.25) is 0 Å². The smallest absolute Gasteiger partial charge is 0.128 e. The molecule has 22 heavy (non-hydrogen) atoms. The standard InChI is InChI=1S/C19H31NO2/c1-7-19(6)11-17(20-12-13(2)3)16-9-8-15(21-14(4)5)10-18(16)22-19/h8-10,13-14,17,20H,7,11-12H2,1-6H3. The lowest BCUT2D eigenvalue weighted by Crippen LogP contribution is -2.42. The van der Waals surface area contributed by atoms with Gasteiger partial charge in [-0.25, -0.2) is 0 Å². The van der Waals surface area contributed by atoms with Crippen LogP contribution in [-0.4, -0.2) is 18.2 Å². The van der Waals surface area contributed by atoms with Crippen LogP contribution in [0.3, 0.4) is 0 Å². The SMILES string of the molecule is CCC1(C)CC(NCC(C)C)c2ccc(OC(C)C)cc2O1. The highest BCUT2D eigenvalue weighted by Crippen LogP contribution is 2.42. The fourth-order valence-corrected chi connectivity index (χ4v) is 2.86. The Morgan fingerprint density at radius 3 is 2.64 bits per heavy atom. The number of nitrogens with one attached hydrogen (secondary N) is 1. The number of hydrogen-bond donors (Lipinski definition) is 1. The Hall–Kier alpha value is -1.22. The number of hydrogen-bond acceptors (Lipinski definition) is 3. The van der Waals surface area contributed by atoms with Gasteiger partial charge in [0, 0.05) is 24.1 Å². The first-order valence-electron chi connectivity index (χ1n) is 8.56. The Bertz CT molecular complexity index is 498. The van der Waals surface area contributed by atoms with E-state index < -0.39 is 0 Å². The third-order valence-corrected chi connectivity index (χ3v) is 4.24. The molecule has 2 rings (SSSR count). The van der Waals surface area contributed by atoms with Gasteiger partial charge >= 0.3 is 0 Å². The third-order valence-electron chi connectivity index (χ3n) is 4.24. The van der Waals surface area contributed by atoms with Gasteiger partial charge in [0.25, 0.3) is 0 Å². The van der Waals surface area contributed by atoms with Crippen LogP contribution in [0.5, 0.6) is 11.5 Å². The minimum atomic E-state index is -0.113. The predicted octanol–water partition coefficient (Wildman–Crippen LogP) is 4.71. The maximum Gasteiger partial charge on any atom is 0.128 e. The van der Waals surface area contributed by atoms with Crippen LogP contribution >= 0.6 is 0 Å². The molecule has 0 saturated carbocycles. The van der Waals surface area contributed by atoms with Gasteiger partial charge in [0.1, 0.15) is 17.1 Å². The lowest BCUT2D eigenvalue weighted by atomic mass is 9.86. The molecule has 0 fully saturated rings. The largest absolute Gasteiger partial charge is 0.491 e. The molecule has 1 aromatic carbocycles. The summed E-state index contributed by atoms with van der Waals surface area (Å²) in [4.78, 5) is 0. The molecule has 3 nitrogen and oxygen atoms in total. The molecule has 2 atom stereocenters. The number of ether oxygens (including phenoxy) is 2. The van der Waals surface area contributed by atoms with Gasteiger partial charge in [-0.15, -0.1) is 0 Å². The van der Waals surface area contributed by atoms with Gasteiger partial charge in [0.2, 0.25) is 0 Å². The van der Waals surface area contributed by atoms with Crippen molar-refractivity contribution in [3.05, 3.63) is 23.8 Å². The molecule has 0 aliphatic carbocycles. The Morgan fingerprint density at radius 2 is 2.05 bits per heavy atom. The van der Waals surface area contributed by atoms with Crippen LogP contribution < -0.4 is 14.8 Å². The zero-order valence-corrected chi connectivity index (χ0v) is 14.9. The summed E-state index contributed by atoms with van der Waals surface area (Å²) in [5.41, 5.74) is 1.14. The highest BCUT2D eigenvalue weighted by atomic mass is 16.5. The average molecular weight is 305 g/mol. The second-order valence-corrected chi connectivity index (χ2v) is 7.33. The molecular weight excluding hydrogens is 274 g/mol. The summed E-state index contributed by atoms with van der Waals surface area (Å²) in [6, 6.07) is 6.61. The highest BCUT2D eigenvalue weighted by Gasteiger charge is 2.36. The normalized spacial score (nSPS) is 24.3. The van der Waals surface area contributed by atoms with Crippen LogP contribution in [-0.2, 0) is 0 Å². The maximum atomic E-state index is 6.31. The number of benzene rings is 1. The lowest BCUT2D eigenvalue weighted by Gasteiger charge is -2.40. The van der Waals surface area contributed by atoms with E-state index in [1.54, 1.807) is 0 Å². The van der Waals surface area contributed by atoms with Crippen molar-refractivity contribution in [3.63, 3.8) is 0 Å². The first kappa shape index (κ1) is 17.1. The van der Waals surface area contributed by atoms with E-state index in [1.807, 2.05) is 19.9 Å². The third kappa shape index (κ3) is 4.16. The summed E-state index contributed by atoms with van der Waals surface area (Å²) in [6.45, 7) is 14.0. The minimum Gasteiger partial charge on any atom is -0.491 e. The highest BCUT2D eigenvalue weighted by molar-refractivity contribution is 5.44. The molecule has 0 aromatic heterocycles. The lowest BCUT2D eigenvalue weighted by molar-refractivity contribution is 0.0433. The molecule has 0 saturated heterocycles. The molecule has 1 N–H and O–H groups in total. The van der Waals surface area contributed by atoms with Gasteiger partial charge in [0.05, 0.1) is 6.10 Å².